The van der Waals surface area contributed by atoms with Crippen molar-refractivity contribution in [1.29, 1.82) is 0 Å². The lowest BCUT2D eigenvalue weighted by Gasteiger charge is -2.18. The third kappa shape index (κ3) is 8.11. The van der Waals surface area contributed by atoms with Crippen LogP contribution in [0.3, 0.4) is 0 Å². The van der Waals surface area contributed by atoms with Gasteiger partial charge in [0.2, 0.25) is 0 Å². The first kappa shape index (κ1) is 31.7. The third-order valence-corrected chi connectivity index (χ3v) is 6.66. The Hall–Kier alpha value is -3.83. The second-order valence-electron chi connectivity index (χ2n) is 8.81. The molecule has 0 fully saturated rings. The molecule has 0 aliphatic carbocycles. The molecule has 3 aromatic rings. The Bertz CT molecular complexity index is 1360. The van der Waals surface area contributed by atoms with Gasteiger partial charge in [-0.3, -0.25) is 4.79 Å². The summed E-state index contributed by atoms with van der Waals surface area (Å²) in [5, 5.41) is 20.9. The summed E-state index contributed by atoms with van der Waals surface area (Å²) in [6.07, 6.45) is -0.0458. The third-order valence-electron chi connectivity index (χ3n) is 6.07. The van der Waals surface area contributed by atoms with Crippen LogP contribution >= 0.6 is 23.2 Å². The molecule has 218 valence electrons. The number of hydrogen-bond acceptors (Lipinski definition) is 7. The molecule has 3 rings (SSSR count). The molecule has 0 bridgehead atoms. The van der Waals surface area contributed by atoms with Crippen molar-refractivity contribution in [2.45, 2.75) is 19.1 Å². The Morgan fingerprint density at radius 1 is 0.854 bits per heavy atom. The standard InChI is InChI=1S/C29H29Cl2NO9/c1-38-8-9-41-15-17-11-23(39-2)25(24(12-17)40-3)18-6-4-16(5-7-18)10-22(29(36)37)32-27(33)26-20(30)13-19(28(34)35)14-21(26)31/h4-7,11-14,22H,8-10,15H2,1-3H3,(H,32,33)(H,34,35)(H,36,37). The van der Waals surface area contributed by atoms with Crippen molar-refractivity contribution in [3.8, 4) is 22.6 Å². The average Bonchev–Trinajstić information content (AvgIpc) is 2.94. The zero-order chi connectivity index (χ0) is 30.1. The smallest absolute Gasteiger partial charge is 0.335 e. The minimum Gasteiger partial charge on any atom is -0.496 e. The van der Waals surface area contributed by atoms with E-state index in [1.807, 2.05) is 12.1 Å². The van der Waals surface area contributed by atoms with Gasteiger partial charge in [-0.2, -0.15) is 0 Å². The minimum atomic E-state index is -1.32. The second-order valence-corrected chi connectivity index (χ2v) is 9.62. The number of benzene rings is 3. The molecule has 0 radical (unpaired) electrons. The van der Waals surface area contributed by atoms with Crippen LogP contribution in [0.5, 0.6) is 11.5 Å². The highest BCUT2D eigenvalue weighted by Gasteiger charge is 2.25. The molecular formula is C29H29Cl2NO9. The van der Waals surface area contributed by atoms with Gasteiger partial charge in [-0.15, -0.1) is 0 Å². The van der Waals surface area contributed by atoms with Gasteiger partial charge < -0.3 is 34.5 Å². The van der Waals surface area contributed by atoms with Gasteiger partial charge in [0.25, 0.3) is 5.91 Å². The number of nitrogens with one attached hydrogen (secondary N) is 1. The summed E-state index contributed by atoms with van der Waals surface area (Å²) in [5.74, 6) is -2.25. The first-order valence-corrected chi connectivity index (χ1v) is 13.0. The zero-order valence-electron chi connectivity index (χ0n) is 22.5. The predicted molar refractivity (Wildman–Crippen MR) is 153 cm³/mol. The number of carboxylic acid groups (broad SMARTS) is 2. The van der Waals surface area contributed by atoms with Gasteiger partial charge in [-0.05, 0) is 41.0 Å². The fourth-order valence-electron chi connectivity index (χ4n) is 4.05. The van der Waals surface area contributed by atoms with E-state index in [1.54, 1.807) is 45.6 Å². The Morgan fingerprint density at radius 2 is 1.44 bits per heavy atom. The molecule has 0 spiro atoms. The maximum atomic E-state index is 12.8. The van der Waals surface area contributed by atoms with Crippen molar-refractivity contribution in [3.05, 3.63) is 80.8 Å². The van der Waals surface area contributed by atoms with E-state index in [0.717, 1.165) is 23.3 Å². The molecule has 3 aromatic carbocycles. The summed E-state index contributed by atoms with van der Waals surface area (Å²) in [5.41, 5.74) is 2.53. The van der Waals surface area contributed by atoms with E-state index < -0.39 is 23.9 Å². The number of aliphatic carboxylic acids is 1. The van der Waals surface area contributed by atoms with Crippen LogP contribution in [0, 0.1) is 0 Å². The highest BCUT2D eigenvalue weighted by molar-refractivity contribution is 6.40. The van der Waals surface area contributed by atoms with Crippen molar-refractivity contribution < 1.29 is 43.5 Å². The molecule has 10 nitrogen and oxygen atoms in total. The highest BCUT2D eigenvalue weighted by atomic mass is 35.5. The number of carboxylic acids is 2. The molecule has 1 atom stereocenters. The number of aromatic carboxylic acids is 1. The number of carbonyl (C=O) groups is 3. The van der Waals surface area contributed by atoms with Crippen molar-refractivity contribution in [2.75, 3.05) is 34.5 Å². The van der Waals surface area contributed by atoms with Gasteiger partial charge >= 0.3 is 11.9 Å². The van der Waals surface area contributed by atoms with Crippen LogP contribution in [0.15, 0.2) is 48.5 Å². The SMILES string of the molecule is COCCOCc1cc(OC)c(-c2ccc(CC(NC(=O)c3c(Cl)cc(C(=O)O)cc3Cl)C(=O)O)cc2)c(OC)c1. The van der Waals surface area contributed by atoms with Crippen molar-refractivity contribution in [2.24, 2.45) is 0 Å². The van der Waals surface area contributed by atoms with Crippen molar-refractivity contribution in [3.63, 3.8) is 0 Å². The van der Waals surface area contributed by atoms with Crippen LogP contribution in [-0.2, 0) is 27.3 Å². The number of amides is 1. The molecular weight excluding hydrogens is 577 g/mol. The second kappa shape index (κ2) is 14.7. The Balaban J connectivity index is 1.80. The van der Waals surface area contributed by atoms with Crippen molar-refractivity contribution in [1.82, 2.24) is 5.32 Å². The number of methoxy groups -OCH3 is 3. The van der Waals surface area contributed by atoms with E-state index in [-0.39, 0.29) is 27.6 Å². The number of halogens is 2. The van der Waals surface area contributed by atoms with Gasteiger partial charge in [0.1, 0.15) is 17.5 Å². The number of carbonyl (C=O) groups excluding carboxylic acids is 1. The van der Waals surface area contributed by atoms with Gasteiger partial charge in [0, 0.05) is 13.5 Å². The van der Waals surface area contributed by atoms with Gasteiger partial charge in [0.05, 0.1) is 60.8 Å². The Labute approximate surface area is 246 Å². The van der Waals surface area contributed by atoms with E-state index in [2.05, 4.69) is 5.32 Å². The minimum absolute atomic E-state index is 0.0458. The highest BCUT2D eigenvalue weighted by Crippen LogP contribution is 2.40. The Morgan fingerprint density at radius 3 is 1.93 bits per heavy atom. The van der Waals surface area contributed by atoms with E-state index in [1.165, 1.54) is 0 Å². The molecule has 0 saturated carbocycles. The quantitative estimate of drug-likeness (QED) is 0.217. The lowest BCUT2D eigenvalue weighted by molar-refractivity contribution is -0.139. The molecule has 12 heteroatoms. The predicted octanol–water partition coefficient (Wildman–Crippen LogP) is 4.96. The maximum Gasteiger partial charge on any atom is 0.335 e. The monoisotopic (exact) mass is 605 g/mol. The lowest BCUT2D eigenvalue weighted by Crippen LogP contribution is -2.42. The lowest BCUT2D eigenvalue weighted by atomic mass is 9.98. The molecule has 0 heterocycles. The van der Waals surface area contributed by atoms with Gasteiger partial charge in [-0.25, -0.2) is 9.59 Å². The number of rotatable bonds is 14. The van der Waals surface area contributed by atoms with E-state index in [9.17, 15) is 19.5 Å². The zero-order valence-corrected chi connectivity index (χ0v) is 24.0. The fourth-order valence-corrected chi connectivity index (χ4v) is 4.71. The van der Waals surface area contributed by atoms with Gasteiger partial charge in [0.15, 0.2) is 0 Å². The summed E-state index contributed by atoms with van der Waals surface area (Å²) in [4.78, 5) is 36.0. The van der Waals surface area contributed by atoms with E-state index in [4.69, 9.17) is 47.3 Å². The molecule has 0 aromatic heterocycles. The van der Waals surface area contributed by atoms with Gasteiger partial charge in [-0.1, -0.05) is 47.5 Å². The number of hydrogen-bond donors (Lipinski definition) is 3. The van der Waals surface area contributed by atoms with Crippen LogP contribution in [0.25, 0.3) is 11.1 Å². The molecule has 0 aliphatic heterocycles. The summed E-state index contributed by atoms with van der Waals surface area (Å²) in [6, 6.07) is 11.6. The molecule has 0 saturated heterocycles. The van der Waals surface area contributed by atoms with Crippen LogP contribution in [0.2, 0.25) is 10.0 Å². The molecule has 1 unspecified atom stereocenters. The fraction of sp³-hybridized carbons (Fsp3) is 0.276. The Kier molecular flexibility index (Phi) is 11.4. The summed E-state index contributed by atoms with van der Waals surface area (Å²) in [7, 11) is 4.70. The molecule has 0 aliphatic rings. The van der Waals surface area contributed by atoms with E-state index in [0.29, 0.717) is 42.4 Å². The summed E-state index contributed by atoms with van der Waals surface area (Å²) < 4.78 is 21.8. The van der Waals surface area contributed by atoms with Crippen LogP contribution in [-0.4, -0.2) is 68.6 Å². The average molecular weight is 606 g/mol. The normalized spacial score (nSPS) is 11.5. The van der Waals surface area contributed by atoms with E-state index >= 15 is 0 Å². The first-order valence-electron chi connectivity index (χ1n) is 12.3. The topological polar surface area (TPSA) is 141 Å². The van der Waals surface area contributed by atoms with Crippen molar-refractivity contribution >= 4 is 41.0 Å². The maximum absolute atomic E-state index is 12.8. The molecule has 1 amide bonds. The largest absolute Gasteiger partial charge is 0.496 e. The molecule has 41 heavy (non-hydrogen) atoms. The first-order chi connectivity index (χ1) is 19.6. The summed E-state index contributed by atoms with van der Waals surface area (Å²) in [6.45, 7) is 1.27. The molecule has 3 N–H and O–H groups in total. The van der Waals surface area contributed by atoms with Crippen LogP contribution < -0.4 is 14.8 Å². The van der Waals surface area contributed by atoms with Crippen LogP contribution in [0.4, 0.5) is 0 Å². The summed E-state index contributed by atoms with van der Waals surface area (Å²) >= 11 is 12.2. The number of ether oxygens (including phenoxy) is 4. The van der Waals surface area contributed by atoms with Crippen LogP contribution in [0.1, 0.15) is 31.8 Å².